The number of nitrogens with zero attached hydrogens (tertiary/aromatic N) is 4. The number of aromatic nitrogens is 3. The van der Waals surface area contributed by atoms with Crippen LogP contribution in [0.1, 0.15) is 41.7 Å². The summed E-state index contributed by atoms with van der Waals surface area (Å²) in [6.07, 6.45) is 3.32. The van der Waals surface area contributed by atoms with E-state index in [-0.39, 0.29) is 0 Å². The first-order valence-electron chi connectivity index (χ1n) is 9.26. The number of benzene rings is 1. The lowest BCUT2D eigenvalue weighted by molar-refractivity contribution is 0.231. The smallest absolute Gasteiger partial charge is 0.150 e. The number of methoxy groups -OCH3 is 1. The van der Waals surface area contributed by atoms with E-state index in [4.69, 9.17) is 4.74 Å². The molecule has 2 aliphatic rings. The maximum atomic E-state index is 5.60. The second-order valence-corrected chi connectivity index (χ2v) is 7.07. The van der Waals surface area contributed by atoms with Gasteiger partial charge in [-0.3, -0.25) is 4.90 Å². The highest BCUT2D eigenvalue weighted by molar-refractivity contribution is 5.37. The number of aryl methyl sites for hydroxylation is 1. The van der Waals surface area contributed by atoms with Crippen molar-refractivity contribution in [3.63, 3.8) is 0 Å². The molecule has 2 aliphatic heterocycles. The third kappa shape index (κ3) is 3.28. The number of hydrogen-bond acceptors (Lipinski definition) is 5. The van der Waals surface area contributed by atoms with Gasteiger partial charge in [0.1, 0.15) is 17.4 Å². The molecule has 6 nitrogen and oxygen atoms in total. The Hall–Kier alpha value is -1.92. The van der Waals surface area contributed by atoms with E-state index in [1.54, 1.807) is 7.11 Å². The summed E-state index contributed by atoms with van der Waals surface area (Å²) in [6, 6.07) is 6.83. The summed E-state index contributed by atoms with van der Waals surface area (Å²) >= 11 is 0. The predicted molar refractivity (Wildman–Crippen MR) is 96.7 cm³/mol. The molecule has 3 heterocycles. The Morgan fingerprint density at radius 1 is 1.24 bits per heavy atom. The van der Waals surface area contributed by atoms with Gasteiger partial charge >= 0.3 is 0 Å². The molecule has 0 aliphatic carbocycles. The fourth-order valence-corrected chi connectivity index (χ4v) is 4.05. The lowest BCUT2D eigenvalue weighted by Crippen LogP contribution is -2.26. The van der Waals surface area contributed by atoms with Gasteiger partial charge in [0.05, 0.1) is 13.2 Å². The molecule has 2 aromatic rings. The summed E-state index contributed by atoms with van der Waals surface area (Å²) in [5.74, 6) is 3.25. The molecule has 1 aromatic carbocycles. The number of fused-ring (bicyclic) bond motifs is 1. The highest BCUT2D eigenvalue weighted by Gasteiger charge is 2.31. The monoisotopic (exact) mass is 341 g/mol. The van der Waals surface area contributed by atoms with Crippen LogP contribution in [0.25, 0.3) is 0 Å². The molecule has 1 atom stereocenters. The van der Waals surface area contributed by atoms with Gasteiger partial charge in [0, 0.05) is 38.2 Å². The highest BCUT2D eigenvalue weighted by Crippen LogP contribution is 2.34. The number of nitrogens with one attached hydrogen (secondary N) is 1. The van der Waals surface area contributed by atoms with E-state index in [9.17, 15) is 0 Å². The average Bonchev–Trinajstić information content (AvgIpc) is 3.16. The maximum Gasteiger partial charge on any atom is 0.150 e. The quantitative estimate of drug-likeness (QED) is 0.923. The Morgan fingerprint density at radius 2 is 2.16 bits per heavy atom. The van der Waals surface area contributed by atoms with E-state index in [1.807, 2.05) is 0 Å². The van der Waals surface area contributed by atoms with E-state index in [0.29, 0.717) is 6.04 Å². The molecular weight excluding hydrogens is 314 g/mol. The normalized spacial score (nSPS) is 21.1. The van der Waals surface area contributed by atoms with E-state index in [1.165, 1.54) is 17.5 Å². The zero-order valence-electron chi connectivity index (χ0n) is 15.2. The van der Waals surface area contributed by atoms with Crippen molar-refractivity contribution in [2.24, 2.45) is 0 Å². The van der Waals surface area contributed by atoms with Crippen molar-refractivity contribution in [1.29, 1.82) is 0 Å². The van der Waals surface area contributed by atoms with Gasteiger partial charge in [0.2, 0.25) is 0 Å². The second-order valence-electron chi connectivity index (χ2n) is 7.07. The third-order valence-electron chi connectivity index (χ3n) is 5.37. The van der Waals surface area contributed by atoms with E-state index >= 15 is 0 Å². The van der Waals surface area contributed by atoms with Crippen LogP contribution < -0.4 is 10.1 Å². The van der Waals surface area contributed by atoms with Crippen molar-refractivity contribution >= 4 is 0 Å². The number of likely N-dealkylation sites (tertiary alicyclic amines) is 1. The SMILES string of the molecule is COc1cc(C)ccc1CN1CCCC1c1nnc2n1CCNCC2. The van der Waals surface area contributed by atoms with Crippen LogP contribution in [-0.2, 0) is 19.5 Å². The van der Waals surface area contributed by atoms with Gasteiger partial charge in [0.25, 0.3) is 0 Å². The van der Waals surface area contributed by atoms with Crippen molar-refractivity contribution in [2.45, 2.75) is 45.3 Å². The van der Waals surface area contributed by atoms with Crippen molar-refractivity contribution < 1.29 is 4.74 Å². The number of ether oxygens (including phenoxy) is 1. The topological polar surface area (TPSA) is 55.2 Å². The van der Waals surface area contributed by atoms with Crippen LogP contribution in [0.3, 0.4) is 0 Å². The molecule has 4 rings (SSSR count). The molecule has 134 valence electrons. The molecule has 0 bridgehead atoms. The van der Waals surface area contributed by atoms with Crippen molar-refractivity contribution in [3.05, 3.63) is 41.0 Å². The van der Waals surface area contributed by atoms with Gasteiger partial charge in [0.15, 0.2) is 0 Å². The summed E-state index contributed by atoms with van der Waals surface area (Å²) in [5, 5.41) is 12.5. The summed E-state index contributed by atoms with van der Waals surface area (Å²) in [5.41, 5.74) is 2.48. The van der Waals surface area contributed by atoms with Gasteiger partial charge < -0.3 is 14.6 Å². The summed E-state index contributed by atoms with van der Waals surface area (Å²) < 4.78 is 7.94. The Labute approximate surface area is 149 Å². The van der Waals surface area contributed by atoms with E-state index in [2.05, 4.69) is 50.1 Å². The van der Waals surface area contributed by atoms with Gasteiger partial charge in [-0.25, -0.2) is 0 Å². The van der Waals surface area contributed by atoms with Crippen LogP contribution in [-0.4, -0.2) is 46.4 Å². The minimum atomic E-state index is 0.352. The van der Waals surface area contributed by atoms with Crippen LogP contribution in [0, 0.1) is 6.92 Å². The largest absolute Gasteiger partial charge is 0.496 e. The van der Waals surface area contributed by atoms with Gasteiger partial charge in [-0.15, -0.1) is 10.2 Å². The van der Waals surface area contributed by atoms with Crippen LogP contribution in [0.4, 0.5) is 0 Å². The zero-order chi connectivity index (χ0) is 17.2. The minimum Gasteiger partial charge on any atom is -0.496 e. The summed E-state index contributed by atoms with van der Waals surface area (Å²) in [4.78, 5) is 2.53. The summed E-state index contributed by atoms with van der Waals surface area (Å²) in [7, 11) is 1.76. The molecule has 0 amide bonds. The van der Waals surface area contributed by atoms with Gasteiger partial charge in [-0.05, 0) is 37.9 Å². The molecule has 0 spiro atoms. The molecule has 1 unspecified atom stereocenters. The standard InChI is InChI=1S/C19H27N5O/c1-14-5-6-15(17(12-14)25-2)13-23-10-3-4-16(23)19-22-21-18-7-8-20-9-11-24(18)19/h5-6,12,16,20H,3-4,7-11,13H2,1-2H3. The van der Waals surface area contributed by atoms with Crippen LogP contribution in [0.2, 0.25) is 0 Å². The van der Waals surface area contributed by atoms with Crippen LogP contribution >= 0.6 is 0 Å². The molecule has 1 N–H and O–H groups in total. The van der Waals surface area contributed by atoms with Crippen molar-refractivity contribution in [3.8, 4) is 5.75 Å². The Morgan fingerprint density at radius 3 is 3.04 bits per heavy atom. The Balaban J connectivity index is 1.58. The zero-order valence-corrected chi connectivity index (χ0v) is 15.2. The maximum absolute atomic E-state index is 5.60. The van der Waals surface area contributed by atoms with E-state index in [0.717, 1.165) is 63.0 Å². The van der Waals surface area contributed by atoms with Gasteiger partial charge in [-0.1, -0.05) is 12.1 Å². The molecule has 0 saturated carbocycles. The molecule has 25 heavy (non-hydrogen) atoms. The predicted octanol–water partition coefficient (Wildman–Crippen LogP) is 2.08. The molecule has 1 saturated heterocycles. The van der Waals surface area contributed by atoms with Crippen molar-refractivity contribution in [1.82, 2.24) is 25.0 Å². The highest BCUT2D eigenvalue weighted by atomic mass is 16.5. The number of rotatable bonds is 4. The van der Waals surface area contributed by atoms with E-state index < -0.39 is 0 Å². The first-order chi connectivity index (χ1) is 12.3. The Bertz CT molecular complexity index is 741. The number of hydrogen-bond donors (Lipinski definition) is 1. The first-order valence-corrected chi connectivity index (χ1v) is 9.26. The molecule has 1 aromatic heterocycles. The lowest BCUT2D eigenvalue weighted by Gasteiger charge is -2.25. The molecule has 6 heteroatoms. The third-order valence-corrected chi connectivity index (χ3v) is 5.37. The molecular formula is C19H27N5O. The first kappa shape index (κ1) is 16.5. The second kappa shape index (κ2) is 7.14. The van der Waals surface area contributed by atoms with Crippen molar-refractivity contribution in [2.75, 3.05) is 26.7 Å². The fraction of sp³-hybridized carbons (Fsp3) is 0.579. The van der Waals surface area contributed by atoms with Gasteiger partial charge in [-0.2, -0.15) is 0 Å². The molecule has 0 radical (unpaired) electrons. The summed E-state index contributed by atoms with van der Waals surface area (Å²) in [6.45, 7) is 7.06. The fourth-order valence-electron chi connectivity index (χ4n) is 4.05. The van der Waals surface area contributed by atoms with Crippen LogP contribution in [0.5, 0.6) is 5.75 Å². The Kier molecular flexibility index (Phi) is 4.72. The van der Waals surface area contributed by atoms with Crippen LogP contribution in [0.15, 0.2) is 18.2 Å². The molecule has 1 fully saturated rings. The average molecular weight is 341 g/mol. The minimum absolute atomic E-state index is 0.352. The lowest BCUT2D eigenvalue weighted by atomic mass is 10.1.